The zero-order chi connectivity index (χ0) is 13.8. The summed E-state index contributed by atoms with van der Waals surface area (Å²) < 4.78 is 15.1. The van der Waals surface area contributed by atoms with Gasteiger partial charge in [0.2, 0.25) is 0 Å². The molecule has 3 N–H and O–H groups in total. The number of halogens is 1. The molecule has 0 atom stereocenters. The topological polar surface area (TPSA) is 72.9 Å². The van der Waals surface area contributed by atoms with Crippen LogP contribution in [-0.4, -0.2) is 22.2 Å². The van der Waals surface area contributed by atoms with Gasteiger partial charge in [-0.2, -0.15) is 5.10 Å². The van der Waals surface area contributed by atoms with Crippen molar-refractivity contribution in [3.63, 3.8) is 0 Å². The molecule has 0 saturated heterocycles. The van der Waals surface area contributed by atoms with E-state index in [0.717, 1.165) is 5.69 Å². The molecule has 0 bridgehead atoms. The van der Waals surface area contributed by atoms with Crippen molar-refractivity contribution in [3.05, 3.63) is 47.5 Å². The maximum absolute atomic E-state index is 13.4. The fourth-order valence-electron chi connectivity index (χ4n) is 1.71. The van der Waals surface area contributed by atoms with Gasteiger partial charge in [0.05, 0.1) is 11.3 Å². The number of carbonyl (C=O) groups is 1. The van der Waals surface area contributed by atoms with Crippen molar-refractivity contribution in [2.24, 2.45) is 7.05 Å². The van der Waals surface area contributed by atoms with Crippen molar-refractivity contribution in [2.75, 3.05) is 12.3 Å². The first-order valence-electron chi connectivity index (χ1n) is 5.88. The minimum atomic E-state index is -0.579. The van der Waals surface area contributed by atoms with Crippen LogP contribution in [0.2, 0.25) is 0 Å². The van der Waals surface area contributed by atoms with Crippen molar-refractivity contribution in [1.82, 2.24) is 15.1 Å². The molecule has 5 nitrogen and oxygen atoms in total. The highest BCUT2D eigenvalue weighted by Crippen LogP contribution is 2.11. The molecule has 0 aliphatic carbocycles. The van der Waals surface area contributed by atoms with Gasteiger partial charge in [-0.3, -0.25) is 9.48 Å². The molecule has 0 aliphatic rings. The summed E-state index contributed by atoms with van der Waals surface area (Å²) in [6.45, 7) is 0.393. The monoisotopic (exact) mass is 262 g/mol. The summed E-state index contributed by atoms with van der Waals surface area (Å²) >= 11 is 0. The van der Waals surface area contributed by atoms with Crippen molar-refractivity contribution >= 4 is 11.6 Å². The van der Waals surface area contributed by atoms with Crippen LogP contribution in [0, 0.1) is 5.82 Å². The van der Waals surface area contributed by atoms with Gasteiger partial charge in [0.1, 0.15) is 5.82 Å². The van der Waals surface area contributed by atoms with Gasteiger partial charge >= 0.3 is 0 Å². The molecule has 1 amide bonds. The van der Waals surface area contributed by atoms with E-state index in [1.165, 1.54) is 18.2 Å². The first kappa shape index (κ1) is 13.1. The van der Waals surface area contributed by atoms with Crippen LogP contribution in [0.1, 0.15) is 16.1 Å². The van der Waals surface area contributed by atoms with Gasteiger partial charge in [0.25, 0.3) is 5.91 Å². The van der Waals surface area contributed by atoms with Crippen molar-refractivity contribution in [2.45, 2.75) is 6.42 Å². The molecule has 0 spiro atoms. The van der Waals surface area contributed by atoms with Gasteiger partial charge in [-0.05, 0) is 24.3 Å². The predicted octanol–water partition coefficient (Wildman–Crippen LogP) is 1.11. The van der Waals surface area contributed by atoms with Crippen molar-refractivity contribution in [3.8, 4) is 0 Å². The Kier molecular flexibility index (Phi) is 3.79. The number of nitrogens with two attached hydrogens (primary N) is 1. The van der Waals surface area contributed by atoms with Crippen LogP contribution in [0.25, 0.3) is 0 Å². The highest BCUT2D eigenvalue weighted by molar-refractivity contribution is 5.95. The molecule has 0 aliphatic heterocycles. The van der Waals surface area contributed by atoms with E-state index in [9.17, 15) is 9.18 Å². The zero-order valence-electron chi connectivity index (χ0n) is 10.6. The van der Waals surface area contributed by atoms with Crippen LogP contribution in [0.5, 0.6) is 0 Å². The summed E-state index contributed by atoms with van der Waals surface area (Å²) in [5.41, 5.74) is 6.72. The van der Waals surface area contributed by atoms with Crippen molar-refractivity contribution < 1.29 is 9.18 Å². The second kappa shape index (κ2) is 5.51. The molecule has 0 unspecified atom stereocenters. The van der Waals surface area contributed by atoms with Gasteiger partial charge in [0, 0.05) is 31.9 Å². The number of rotatable bonds is 4. The third-order valence-corrected chi connectivity index (χ3v) is 2.67. The van der Waals surface area contributed by atoms with Crippen LogP contribution < -0.4 is 11.1 Å². The number of aryl methyl sites for hydroxylation is 1. The van der Waals surface area contributed by atoms with Crippen molar-refractivity contribution in [1.29, 1.82) is 0 Å². The highest BCUT2D eigenvalue weighted by Gasteiger charge is 2.11. The maximum atomic E-state index is 13.4. The van der Waals surface area contributed by atoms with E-state index < -0.39 is 11.7 Å². The smallest absolute Gasteiger partial charge is 0.254 e. The lowest BCUT2D eigenvalue weighted by Crippen LogP contribution is -2.26. The van der Waals surface area contributed by atoms with E-state index >= 15 is 0 Å². The molecule has 0 fully saturated rings. The predicted molar refractivity (Wildman–Crippen MR) is 70.1 cm³/mol. The average molecular weight is 262 g/mol. The number of nitrogens with zero attached hydrogens (tertiary/aromatic N) is 2. The Bertz CT molecular complexity index is 594. The summed E-state index contributed by atoms with van der Waals surface area (Å²) in [5.74, 6) is -1.05. The molecular formula is C13H15FN4O. The average Bonchev–Trinajstić information content (AvgIpc) is 2.78. The summed E-state index contributed by atoms with van der Waals surface area (Å²) in [5, 5.41) is 6.82. The minimum absolute atomic E-state index is 0.0407. The fraction of sp³-hybridized carbons (Fsp3) is 0.231. The molecule has 1 heterocycles. The Morgan fingerprint density at radius 3 is 2.95 bits per heavy atom. The zero-order valence-corrected chi connectivity index (χ0v) is 10.6. The van der Waals surface area contributed by atoms with E-state index in [1.807, 2.05) is 19.3 Å². The first-order chi connectivity index (χ1) is 9.06. The molecule has 2 rings (SSSR count). The summed E-state index contributed by atoms with van der Waals surface area (Å²) in [7, 11) is 1.82. The summed E-state index contributed by atoms with van der Waals surface area (Å²) in [6, 6.07) is 5.79. The van der Waals surface area contributed by atoms with E-state index in [4.69, 9.17) is 5.73 Å². The normalized spacial score (nSPS) is 10.4. The SMILES string of the molecule is Cn1ccc(CCNC(=O)c2cc(N)ccc2F)n1. The van der Waals surface area contributed by atoms with E-state index in [2.05, 4.69) is 10.4 Å². The molecule has 0 radical (unpaired) electrons. The number of nitrogens with one attached hydrogen (secondary N) is 1. The lowest BCUT2D eigenvalue weighted by molar-refractivity contribution is 0.0950. The third kappa shape index (κ3) is 3.31. The van der Waals surface area contributed by atoms with Gasteiger partial charge in [-0.1, -0.05) is 0 Å². The van der Waals surface area contributed by atoms with Gasteiger partial charge < -0.3 is 11.1 Å². The molecule has 100 valence electrons. The Labute approximate surface area is 110 Å². The van der Waals surface area contributed by atoms with E-state index in [0.29, 0.717) is 18.7 Å². The second-order valence-corrected chi connectivity index (χ2v) is 4.23. The quantitative estimate of drug-likeness (QED) is 0.811. The number of amides is 1. The Morgan fingerprint density at radius 2 is 2.26 bits per heavy atom. The minimum Gasteiger partial charge on any atom is -0.399 e. The Morgan fingerprint density at radius 1 is 1.47 bits per heavy atom. The molecule has 19 heavy (non-hydrogen) atoms. The molecule has 0 saturated carbocycles. The number of benzene rings is 1. The number of anilines is 1. The first-order valence-corrected chi connectivity index (χ1v) is 5.88. The molecule has 6 heteroatoms. The van der Waals surface area contributed by atoms with Crippen LogP contribution in [0.15, 0.2) is 30.5 Å². The maximum Gasteiger partial charge on any atom is 0.254 e. The number of hydrogen-bond acceptors (Lipinski definition) is 3. The number of nitrogen functional groups attached to an aromatic ring is 1. The Hall–Kier alpha value is -2.37. The van der Waals surface area contributed by atoms with Crippen LogP contribution in [-0.2, 0) is 13.5 Å². The number of aromatic nitrogens is 2. The van der Waals surface area contributed by atoms with Crippen LogP contribution >= 0.6 is 0 Å². The highest BCUT2D eigenvalue weighted by atomic mass is 19.1. The van der Waals surface area contributed by atoms with E-state index in [1.54, 1.807) is 4.68 Å². The molecular weight excluding hydrogens is 247 g/mol. The number of hydrogen-bond donors (Lipinski definition) is 2. The van der Waals surface area contributed by atoms with Gasteiger partial charge in [-0.25, -0.2) is 4.39 Å². The third-order valence-electron chi connectivity index (χ3n) is 2.67. The molecule has 2 aromatic rings. The lowest BCUT2D eigenvalue weighted by atomic mass is 10.1. The Balaban J connectivity index is 1.92. The van der Waals surface area contributed by atoms with E-state index in [-0.39, 0.29) is 5.56 Å². The van der Waals surface area contributed by atoms with Crippen LogP contribution in [0.3, 0.4) is 0 Å². The number of carbonyl (C=O) groups excluding carboxylic acids is 1. The van der Waals surface area contributed by atoms with Gasteiger partial charge in [-0.15, -0.1) is 0 Å². The molecule has 1 aromatic heterocycles. The van der Waals surface area contributed by atoms with Gasteiger partial charge in [0.15, 0.2) is 0 Å². The van der Waals surface area contributed by atoms with Crippen LogP contribution in [0.4, 0.5) is 10.1 Å². The summed E-state index contributed by atoms with van der Waals surface area (Å²) in [6.07, 6.45) is 2.42. The lowest BCUT2D eigenvalue weighted by Gasteiger charge is -2.06. The summed E-state index contributed by atoms with van der Waals surface area (Å²) in [4.78, 5) is 11.8. The fourth-order valence-corrected chi connectivity index (χ4v) is 1.71. The second-order valence-electron chi connectivity index (χ2n) is 4.23. The standard InChI is InChI=1S/C13H15FN4O/c1-18-7-5-10(17-18)4-6-16-13(19)11-8-9(15)2-3-12(11)14/h2-3,5,7-8H,4,6,15H2,1H3,(H,16,19). The molecule has 1 aromatic carbocycles. The largest absolute Gasteiger partial charge is 0.399 e.